The molecule has 0 bridgehead atoms. The molecule has 0 radical (unpaired) electrons. The molecule has 0 fully saturated rings. The van der Waals surface area contributed by atoms with Gasteiger partial charge in [-0.3, -0.25) is 0 Å². The predicted octanol–water partition coefficient (Wildman–Crippen LogP) is 9.40. The number of aliphatic carboxylic acids is 1. The van der Waals surface area contributed by atoms with Crippen molar-refractivity contribution in [3.05, 3.63) is 24.3 Å². The van der Waals surface area contributed by atoms with Crippen molar-refractivity contribution >= 4 is 5.97 Å². The van der Waals surface area contributed by atoms with Crippen molar-refractivity contribution in [1.82, 2.24) is 0 Å². The van der Waals surface area contributed by atoms with Gasteiger partial charge in [0.15, 0.2) is 0 Å². The summed E-state index contributed by atoms with van der Waals surface area (Å²) in [6.07, 6.45) is 36.0. The number of hydrogen-bond donors (Lipinski definition) is 1. The lowest BCUT2D eigenvalue weighted by Gasteiger charge is -2.04. The molecule has 29 heavy (non-hydrogen) atoms. The zero-order chi connectivity index (χ0) is 21.3. The van der Waals surface area contributed by atoms with Crippen LogP contribution in [0.15, 0.2) is 24.3 Å². The third kappa shape index (κ3) is 26.9. The summed E-state index contributed by atoms with van der Waals surface area (Å²) in [5.74, 6) is -0.881. The van der Waals surface area contributed by atoms with E-state index >= 15 is 0 Å². The monoisotopic (exact) mass is 406 g/mol. The summed E-state index contributed by atoms with van der Waals surface area (Å²) in [6, 6.07) is 0. The van der Waals surface area contributed by atoms with E-state index in [2.05, 4.69) is 13.0 Å². The third-order valence-corrected chi connectivity index (χ3v) is 5.71. The maximum absolute atomic E-state index is 10.3. The van der Waals surface area contributed by atoms with E-state index in [4.69, 9.17) is 5.11 Å². The zero-order valence-corrected chi connectivity index (χ0v) is 19.5. The summed E-state index contributed by atoms with van der Waals surface area (Å²) >= 11 is 0. The predicted molar refractivity (Wildman–Crippen MR) is 129 cm³/mol. The number of allylic oxidation sites excluding steroid dienone is 3. The molecular weight excluding hydrogens is 356 g/mol. The molecule has 0 aromatic carbocycles. The van der Waals surface area contributed by atoms with Crippen LogP contribution >= 0.6 is 0 Å². The van der Waals surface area contributed by atoms with Crippen molar-refractivity contribution in [2.75, 3.05) is 0 Å². The van der Waals surface area contributed by atoms with Crippen LogP contribution in [-0.4, -0.2) is 11.1 Å². The van der Waals surface area contributed by atoms with Gasteiger partial charge >= 0.3 is 5.97 Å². The maximum atomic E-state index is 10.3. The minimum absolute atomic E-state index is 0.881. The number of hydrogen-bond acceptors (Lipinski definition) is 1. The van der Waals surface area contributed by atoms with Gasteiger partial charge in [-0.05, 0) is 12.8 Å². The first kappa shape index (κ1) is 27.9. The van der Waals surface area contributed by atoms with Crippen LogP contribution in [0.4, 0.5) is 0 Å². The van der Waals surface area contributed by atoms with Crippen molar-refractivity contribution in [2.24, 2.45) is 0 Å². The highest BCUT2D eigenvalue weighted by molar-refractivity contribution is 5.80. The lowest BCUT2D eigenvalue weighted by Crippen LogP contribution is -1.84. The second-order valence-corrected chi connectivity index (χ2v) is 8.63. The maximum Gasteiger partial charge on any atom is 0.328 e. The summed E-state index contributed by atoms with van der Waals surface area (Å²) in [4.78, 5) is 10.3. The molecule has 0 saturated carbocycles. The minimum Gasteiger partial charge on any atom is -0.478 e. The highest BCUT2D eigenvalue weighted by atomic mass is 16.4. The topological polar surface area (TPSA) is 37.3 Å². The fourth-order valence-electron chi connectivity index (χ4n) is 3.83. The Balaban J connectivity index is 3.07. The molecule has 0 aliphatic heterocycles. The van der Waals surface area contributed by atoms with Gasteiger partial charge in [0.25, 0.3) is 0 Å². The lowest BCUT2D eigenvalue weighted by molar-refractivity contribution is -0.131. The summed E-state index contributed by atoms with van der Waals surface area (Å²) < 4.78 is 0. The Hall–Kier alpha value is -1.05. The molecule has 0 rings (SSSR count). The van der Waals surface area contributed by atoms with Crippen LogP contribution in [0.5, 0.6) is 0 Å². The number of rotatable bonds is 23. The molecule has 0 heterocycles. The SMILES string of the molecule is CCCCCCCCCCCCCCCCCCCCCC/C=C/C=C/C(=O)O. The van der Waals surface area contributed by atoms with Gasteiger partial charge in [0, 0.05) is 6.08 Å². The third-order valence-electron chi connectivity index (χ3n) is 5.71. The van der Waals surface area contributed by atoms with Gasteiger partial charge in [-0.2, -0.15) is 0 Å². The van der Waals surface area contributed by atoms with E-state index in [9.17, 15) is 4.79 Å². The Bertz CT molecular complexity index is 384. The van der Waals surface area contributed by atoms with Crippen molar-refractivity contribution < 1.29 is 9.90 Å². The molecule has 0 amide bonds. The van der Waals surface area contributed by atoms with Crippen LogP contribution in [0, 0.1) is 0 Å². The van der Waals surface area contributed by atoms with E-state index < -0.39 is 5.97 Å². The number of carboxylic acid groups (broad SMARTS) is 1. The molecule has 170 valence electrons. The fraction of sp³-hybridized carbons (Fsp3) is 0.815. The first-order valence-electron chi connectivity index (χ1n) is 12.8. The van der Waals surface area contributed by atoms with Gasteiger partial charge in [0.2, 0.25) is 0 Å². The fourth-order valence-corrected chi connectivity index (χ4v) is 3.83. The van der Waals surface area contributed by atoms with Crippen molar-refractivity contribution in [3.63, 3.8) is 0 Å². The van der Waals surface area contributed by atoms with E-state index in [1.54, 1.807) is 6.08 Å². The van der Waals surface area contributed by atoms with E-state index in [1.165, 1.54) is 134 Å². The van der Waals surface area contributed by atoms with Gasteiger partial charge in [-0.15, -0.1) is 0 Å². The molecule has 2 nitrogen and oxygen atoms in total. The number of carboxylic acids is 1. The van der Waals surface area contributed by atoms with Crippen LogP contribution in [0.2, 0.25) is 0 Å². The first-order chi connectivity index (χ1) is 14.3. The second kappa shape index (κ2) is 25.0. The first-order valence-corrected chi connectivity index (χ1v) is 12.8. The number of unbranched alkanes of at least 4 members (excludes halogenated alkanes) is 20. The Morgan fingerprint density at radius 3 is 1.24 bits per heavy atom. The number of carbonyl (C=O) groups is 1. The smallest absolute Gasteiger partial charge is 0.328 e. The summed E-state index contributed by atoms with van der Waals surface area (Å²) in [5.41, 5.74) is 0. The summed E-state index contributed by atoms with van der Waals surface area (Å²) in [5, 5.41) is 8.47. The Kier molecular flexibility index (Phi) is 24.1. The standard InChI is InChI=1S/C27H50O2/c1-2-3-4-5-6-7-8-9-10-11-12-13-14-15-16-17-18-19-20-21-22-23-24-25-26-27(28)29/h23-26H,2-22H2,1H3,(H,28,29)/b24-23+,26-25+. The molecule has 0 aromatic heterocycles. The van der Waals surface area contributed by atoms with Crippen molar-refractivity contribution in [3.8, 4) is 0 Å². The molecular formula is C27H50O2. The quantitative estimate of drug-likeness (QED) is 0.104. The van der Waals surface area contributed by atoms with E-state index in [0.29, 0.717) is 0 Å². The van der Waals surface area contributed by atoms with E-state index in [0.717, 1.165) is 6.42 Å². The van der Waals surface area contributed by atoms with Crippen LogP contribution in [0.25, 0.3) is 0 Å². The molecule has 0 spiro atoms. The molecule has 0 aliphatic rings. The van der Waals surface area contributed by atoms with Gasteiger partial charge in [-0.25, -0.2) is 4.79 Å². The molecule has 0 saturated heterocycles. The Labute approximate surface area is 182 Å². The highest BCUT2D eigenvalue weighted by Crippen LogP contribution is 2.15. The van der Waals surface area contributed by atoms with Gasteiger partial charge in [-0.1, -0.05) is 147 Å². The van der Waals surface area contributed by atoms with Crippen LogP contribution in [-0.2, 0) is 4.79 Å². The Morgan fingerprint density at radius 2 is 0.897 bits per heavy atom. The van der Waals surface area contributed by atoms with Crippen molar-refractivity contribution in [1.29, 1.82) is 0 Å². The Morgan fingerprint density at radius 1 is 0.552 bits per heavy atom. The molecule has 0 aromatic rings. The van der Waals surface area contributed by atoms with E-state index in [1.807, 2.05) is 6.08 Å². The average molecular weight is 407 g/mol. The van der Waals surface area contributed by atoms with Crippen molar-refractivity contribution in [2.45, 2.75) is 142 Å². The zero-order valence-electron chi connectivity index (χ0n) is 19.5. The van der Waals surface area contributed by atoms with Gasteiger partial charge in [0.05, 0.1) is 0 Å². The molecule has 1 N–H and O–H groups in total. The van der Waals surface area contributed by atoms with Gasteiger partial charge in [0.1, 0.15) is 0 Å². The molecule has 2 heteroatoms. The van der Waals surface area contributed by atoms with Crippen LogP contribution in [0.1, 0.15) is 142 Å². The van der Waals surface area contributed by atoms with Gasteiger partial charge < -0.3 is 5.11 Å². The largest absolute Gasteiger partial charge is 0.478 e. The molecule has 0 unspecified atom stereocenters. The second-order valence-electron chi connectivity index (χ2n) is 8.63. The summed E-state index contributed by atoms with van der Waals surface area (Å²) in [6.45, 7) is 2.29. The minimum atomic E-state index is -0.881. The van der Waals surface area contributed by atoms with E-state index in [-0.39, 0.29) is 0 Å². The summed E-state index contributed by atoms with van der Waals surface area (Å²) in [7, 11) is 0. The van der Waals surface area contributed by atoms with Crippen LogP contribution < -0.4 is 0 Å². The normalized spacial score (nSPS) is 11.8. The average Bonchev–Trinajstić information content (AvgIpc) is 2.71. The molecule has 0 aliphatic carbocycles. The highest BCUT2D eigenvalue weighted by Gasteiger charge is 1.95. The lowest BCUT2D eigenvalue weighted by atomic mass is 10.0. The van der Waals surface area contributed by atoms with Crippen LogP contribution in [0.3, 0.4) is 0 Å². The molecule has 0 atom stereocenters.